The molecule has 32 heavy (non-hydrogen) atoms. The van der Waals surface area contributed by atoms with Crippen molar-refractivity contribution in [2.45, 2.75) is 6.92 Å². The Morgan fingerprint density at radius 1 is 1.09 bits per heavy atom. The van der Waals surface area contributed by atoms with Gasteiger partial charge in [0.1, 0.15) is 11.3 Å². The molecule has 0 bridgehead atoms. The van der Waals surface area contributed by atoms with Crippen LogP contribution < -0.4 is 10.1 Å². The van der Waals surface area contributed by atoms with E-state index in [-0.39, 0.29) is 5.91 Å². The van der Waals surface area contributed by atoms with Crippen LogP contribution in [0.1, 0.15) is 12.5 Å². The van der Waals surface area contributed by atoms with Crippen molar-refractivity contribution in [3.05, 3.63) is 84.6 Å². The summed E-state index contributed by atoms with van der Waals surface area (Å²) in [5.41, 5.74) is 6.02. The predicted octanol–water partition coefficient (Wildman–Crippen LogP) is 6.03. The molecule has 158 valence electrons. The third-order valence-corrected chi connectivity index (χ3v) is 5.38. The van der Waals surface area contributed by atoms with Crippen LogP contribution in [-0.4, -0.2) is 23.0 Å². The number of rotatable bonds is 5. The van der Waals surface area contributed by atoms with Crippen molar-refractivity contribution < 1.29 is 13.9 Å². The Kier molecular flexibility index (Phi) is 4.95. The molecular formula is C26H21N3O3. The summed E-state index contributed by atoms with van der Waals surface area (Å²) in [5, 5.41) is 3.75. The highest BCUT2D eigenvalue weighted by atomic mass is 16.5. The van der Waals surface area contributed by atoms with Crippen LogP contribution >= 0.6 is 0 Å². The number of nitrogens with one attached hydrogen (secondary N) is 2. The minimum Gasteiger partial charge on any atom is -0.496 e. The number of carbonyl (C=O) groups is 1. The third kappa shape index (κ3) is 3.63. The molecule has 0 aliphatic heterocycles. The second-order valence-electron chi connectivity index (χ2n) is 7.48. The van der Waals surface area contributed by atoms with Gasteiger partial charge < -0.3 is 14.1 Å². The molecule has 0 unspecified atom stereocenters. The maximum Gasteiger partial charge on any atom is 0.250 e. The second kappa shape index (κ2) is 8.07. The Labute approximate surface area is 184 Å². The first-order chi connectivity index (χ1) is 15.6. The Morgan fingerprint density at radius 2 is 1.88 bits per heavy atom. The van der Waals surface area contributed by atoms with Crippen molar-refractivity contribution in [3.8, 4) is 16.9 Å². The van der Waals surface area contributed by atoms with Gasteiger partial charge in [0.2, 0.25) is 5.95 Å². The molecule has 1 amide bonds. The number of fused-ring (bicyclic) bond motifs is 2. The molecule has 2 aromatic heterocycles. The van der Waals surface area contributed by atoms with Crippen molar-refractivity contribution in [1.82, 2.24) is 9.97 Å². The molecule has 0 aliphatic rings. The number of aromatic amines is 1. The lowest BCUT2D eigenvalue weighted by Crippen LogP contribution is -2.09. The van der Waals surface area contributed by atoms with Gasteiger partial charge in [0, 0.05) is 28.7 Å². The van der Waals surface area contributed by atoms with E-state index >= 15 is 0 Å². The van der Waals surface area contributed by atoms with E-state index in [1.54, 1.807) is 19.4 Å². The lowest BCUT2D eigenvalue weighted by atomic mass is 9.99. The molecule has 6 nitrogen and oxygen atoms in total. The summed E-state index contributed by atoms with van der Waals surface area (Å²) < 4.78 is 11.4. The normalized spacial score (nSPS) is 11.8. The van der Waals surface area contributed by atoms with Crippen molar-refractivity contribution in [2.24, 2.45) is 0 Å². The van der Waals surface area contributed by atoms with Gasteiger partial charge in [-0.2, -0.15) is 0 Å². The van der Waals surface area contributed by atoms with E-state index in [9.17, 15) is 4.79 Å². The number of amides is 1. The van der Waals surface area contributed by atoms with Crippen LogP contribution in [0.2, 0.25) is 0 Å². The highest BCUT2D eigenvalue weighted by molar-refractivity contribution is 6.05. The standard InChI is InChI=1S/C26H21N3O3/c1-16(12-25(30)29-26-27-21-10-6-7-11-22(21)28-26)18-13-19-20(17-8-4-3-5-9-17)15-32-24(19)14-23(18)31-2/h3-15H,1-2H3,(H2,27,28,29,30)/b16-12+. The summed E-state index contributed by atoms with van der Waals surface area (Å²) in [6.07, 6.45) is 3.29. The molecule has 2 N–H and O–H groups in total. The molecule has 0 aliphatic carbocycles. The molecule has 6 heteroatoms. The van der Waals surface area contributed by atoms with E-state index in [1.165, 1.54) is 0 Å². The van der Waals surface area contributed by atoms with Crippen LogP contribution in [0.15, 0.2) is 83.5 Å². The maximum absolute atomic E-state index is 12.7. The van der Waals surface area contributed by atoms with E-state index in [2.05, 4.69) is 15.3 Å². The first-order valence-electron chi connectivity index (χ1n) is 10.2. The second-order valence-corrected chi connectivity index (χ2v) is 7.48. The molecule has 0 saturated heterocycles. The van der Waals surface area contributed by atoms with Gasteiger partial charge in [0.25, 0.3) is 5.91 Å². The molecule has 3 aromatic carbocycles. The van der Waals surface area contributed by atoms with Gasteiger partial charge in [-0.3, -0.25) is 10.1 Å². The summed E-state index contributed by atoms with van der Waals surface area (Å²) in [6, 6.07) is 21.5. The number of para-hydroxylation sites is 2. The largest absolute Gasteiger partial charge is 0.496 e. The number of imidazole rings is 1. The lowest BCUT2D eigenvalue weighted by molar-refractivity contribution is -0.111. The molecule has 2 heterocycles. The molecule has 0 spiro atoms. The Hall–Kier alpha value is -4.32. The van der Waals surface area contributed by atoms with Crippen LogP contribution in [0.25, 0.3) is 38.7 Å². The van der Waals surface area contributed by atoms with Gasteiger partial charge in [-0.1, -0.05) is 42.5 Å². The average molecular weight is 423 g/mol. The van der Waals surface area contributed by atoms with Crippen molar-refractivity contribution in [1.29, 1.82) is 0 Å². The van der Waals surface area contributed by atoms with Crippen LogP contribution in [0, 0.1) is 0 Å². The van der Waals surface area contributed by atoms with E-state index in [0.29, 0.717) is 11.7 Å². The van der Waals surface area contributed by atoms with Gasteiger partial charge in [0.05, 0.1) is 24.4 Å². The predicted molar refractivity (Wildman–Crippen MR) is 127 cm³/mol. The molecule has 5 aromatic rings. The number of benzene rings is 3. The summed E-state index contributed by atoms with van der Waals surface area (Å²) in [5.74, 6) is 0.764. The quantitative estimate of drug-likeness (QED) is 0.338. The number of H-pyrrole nitrogens is 1. The minimum atomic E-state index is -0.279. The highest BCUT2D eigenvalue weighted by Crippen LogP contribution is 2.37. The molecule has 0 saturated carbocycles. The number of carbonyl (C=O) groups excluding carboxylic acids is 1. The van der Waals surface area contributed by atoms with E-state index in [4.69, 9.17) is 9.15 Å². The highest BCUT2D eigenvalue weighted by Gasteiger charge is 2.15. The van der Waals surface area contributed by atoms with E-state index < -0.39 is 0 Å². The number of aromatic nitrogens is 2. The van der Waals surface area contributed by atoms with Crippen molar-refractivity contribution >= 4 is 39.4 Å². The first kappa shape index (κ1) is 19.6. The fraction of sp³-hybridized carbons (Fsp3) is 0.0769. The number of hydrogen-bond donors (Lipinski definition) is 2. The number of anilines is 1. The molecular weight excluding hydrogens is 402 g/mol. The minimum absolute atomic E-state index is 0.279. The van der Waals surface area contributed by atoms with Gasteiger partial charge in [-0.25, -0.2) is 4.98 Å². The number of nitrogens with zero attached hydrogens (tertiary/aromatic N) is 1. The SMILES string of the molecule is COc1cc2occ(-c3ccccc3)c2cc1/C(C)=C/C(=O)Nc1nc2ccccc2[nH]1. The smallest absolute Gasteiger partial charge is 0.250 e. The summed E-state index contributed by atoms with van der Waals surface area (Å²) in [7, 11) is 1.60. The molecule has 5 rings (SSSR count). The van der Waals surface area contributed by atoms with Crippen LogP contribution in [-0.2, 0) is 4.79 Å². The van der Waals surface area contributed by atoms with Gasteiger partial charge >= 0.3 is 0 Å². The van der Waals surface area contributed by atoms with Crippen LogP contribution in [0.3, 0.4) is 0 Å². The molecule has 0 fully saturated rings. The zero-order chi connectivity index (χ0) is 22.1. The van der Waals surface area contributed by atoms with Gasteiger partial charge in [0.15, 0.2) is 0 Å². The summed E-state index contributed by atoms with van der Waals surface area (Å²) >= 11 is 0. The number of methoxy groups -OCH3 is 1. The van der Waals surface area contributed by atoms with Gasteiger partial charge in [-0.15, -0.1) is 0 Å². The number of hydrogen-bond acceptors (Lipinski definition) is 4. The van der Waals surface area contributed by atoms with Crippen molar-refractivity contribution in [3.63, 3.8) is 0 Å². The topological polar surface area (TPSA) is 80.2 Å². The van der Waals surface area contributed by atoms with Crippen molar-refractivity contribution in [2.75, 3.05) is 12.4 Å². The lowest BCUT2D eigenvalue weighted by Gasteiger charge is -2.10. The van der Waals surface area contributed by atoms with E-state index in [0.717, 1.165) is 44.3 Å². The van der Waals surface area contributed by atoms with E-state index in [1.807, 2.05) is 73.7 Å². The Bertz CT molecular complexity index is 1430. The zero-order valence-electron chi connectivity index (χ0n) is 17.7. The van der Waals surface area contributed by atoms with Crippen LogP contribution in [0.4, 0.5) is 5.95 Å². The molecule has 0 atom stereocenters. The maximum atomic E-state index is 12.7. The third-order valence-electron chi connectivity index (χ3n) is 5.38. The average Bonchev–Trinajstić information content (AvgIpc) is 3.41. The number of ether oxygens (including phenoxy) is 1. The summed E-state index contributed by atoms with van der Waals surface area (Å²) in [4.78, 5) is 20.2. The molecule has 0 radical (unpaired) electrons. The number of furan rings is 1. The first-order valence-corrected chi connectivity index (χ1v) is 10.2. The Balaban J connectivity index is 1.49. The van der Waals surface area contributed by atoms with Crippen LogP contribution in [0.5, 0.6) is 5.75 Å². The Morgan fingerprint density at radius 3 is 2.66 bits per heavy atom. The fourth-order valence-electron chi connectivity index (χ4n) is 3.81. The monoisotopic (exact) mass is 423 g/mol. The zero-order valence-corrected chi connectivity index (χ0v) is 17.7. The fourth-order valence-corrected chi connectivity index (χ4v) is 3.81. The van der Waals surface area contributed by atoms with Gasteiger partial charge in [-0.05, 0) is 36.3 Å². The summed E-state index contributed by atoms with van der Waals surface area (Å²) in [6.45, 7) is 1.88. The number of allylic oxidation sites excluding steroid dienone is 1.